The minimum absolute atomic E-state index is 0. The third-order valence-electron chi connectivity index (χ3n) is 19.2. The van der Waals surface area contributed by atoms with Crippen molar-refractivity contribution in [2.45, 2.75) is 236 Å². The molecule has 0 saturated heterocycles. The summed E-state index contributed by atoms with van der Waals surface area (Å²) in [5, 5.41) is 105. The fourth-order valence-corrected chi connectivity index (χ4v) is 10.9. The molecule has 0 rings (SSSR count). The van der Waals surface area contributed by atoms with Gasteiger partial charge in [-0.3, -0.25) is 62.3 Å². The van der Waals surface area contributed by atoms with E-state index < -0.39 is 233 Å². The van der Waals surface area contributed by atoms with Crippen molar-refractivity contribution in [1.29, 1.82) is 0 Å². The molecule has 11 unspecified atom stereocenters. The van der Waals surface area contributed by atoms with Crippen molar-refractivity contribution in [3.63, 3.8) is 0 Å². The van der Waals surface area contributed by atoms with E-state index in [2.05, 4.69) is 46.3 Å². The van der Waals surface area contributed by atoms with Crippen LogP contribution in [0.3, 0.4) is 0 Å². The predicted molar refractivity (Wildman–Crippen MR) is 441 cm³/mol. The van der Waals surface area contributed by atoms with Gasteiger partial charge in [0, 0.05) is 71.0 Å². The minimum Gasteiger partial charge on any atom is -0.870 e. The first kappa shape index (κ1) is 138. The van der Waals surface area contributed by atoms with Gasteiger partial charge < -0.3 is 135 Å². The summed E-state index contributed by atoms with van der Waals surface area (Å²) in [6.07, 6.45) is -0.675. The molecule has 0 aromatic rings. The fourth-order valence-electron chi connectivity index (χ4n) is 10.9. The summed E-state index contributed by atoms with van der Waals surface area (Å²) >= 11 is 0. The van der Waals surface area contributed by atoms with Gasteiger partial charge in [-0.05, 0) is 96.8 Å². The number of amides is 5. The molecule has 11 atom stereocenters. The quantitative estimate of drug-likeness (QED) is 0.00884. The predicted octanol–water partition coefficient (Wildman–Crippen LogP) is -7.69. The molecule has 0 saturated carbocycles. The van der Waals surface area contributed by atoms with Crippen molar-refractivity contribution in [2.24, 2.45) is 45.3 Å². The van der Waals surface area contributed by atoms with E-state index in [1.165, 1.54) is 55.4 Å². The molecule has 132 heavy (non-hydrogen) atoms. The van der Waals surface area contributed by atoms with Crippen LogP contribution in [0.2, 0.25) is 0 Å². The first-order chi connectivity index (χ1) is 59.4. The Bertz CT molecular complexity index is 3530. The van der Waals surface area contributed by atoms with Crippen LogP contribution < -0.4 is 125 Å². The normalized spacial score (nSPS) is 13.5. The van der Waals surface area contributed by atoms with Crippen LogP contribution in [0.5, 0.6) is 0 Å². The van der Waals surface area contributed by atoms with Crippen molar-refractivity contribution in [2.75, 3.05) is 79.3 Å². The van der Waals surface area contributed by atoms with Gasteiger partial charge in [0.05, 0.1) is 75.3 Å². The molecule has 0 aliphatic rings. The molecule has 0 bridgehead atoms. The van der Waals surface area contributed by atoms with Crippen molar-refractivity contribution in [1.82, 2.24) is 26.6 Å². The zero-order valence-electron chi connectivity index (χ0n) is 78.3. The third kappa shape index (κ3) is 64.7. The van der Waals surface area contributed by atoms with Gasteiger partial charge in [-0.2, -0.15) is 0 Å². The number of hydrogen-bond acceptors (Lipinski definition) is 33. The van der Waals surface area contributed by atoms with Gasteiger partial charge in [0.1, 0.15) is 63.8 Å². The van der Waals surface area contributed by atoms with Crippen molar-refractivity contribution in [3.8, 4) is 0 Å². The molecule has 736 valence electrons. The molecule has 0 fully saturated rings. The number of carbonyl (C=O) groups excluding carboxylic acids is 13. The Morgan fingerprint density at radius 3 is 0.833 bits per heavy atom. The van der Waals surface area contributed by atoms with Gasteiger partial charge in [-0.1, -0.05) is 103 Å². The Hall–Kier alpha value is -9.07. The number of esters is 6. The Morgan fingerprint density at radius 2 is 0.598 bits per heavy atom. The monoisotopic (exact) mass is 1920 g/mol. The van der Waals surface area contributed by atoms with E-state index in [-0.39, 0.29) is 223 Å². The smallest absolute Gasteiger partial charge is 0.870 e. The summed E-state index contributed by atoms with van der Waals surface area (Å²) in [4.78, 5) is 244. The molecule has 46 nitrogen and oxygen atoms in total. The standard InChI is InChI=1S/2C30H48N2O14.C14H22O7.C9H13NO5.3Na.H2O/c2*1-7-18(16-29(4,5)27(43)31-19(23(37)38)9-11-21(33)34)26(42)46-14-13-45-25(41)17(3)15-30(6,8-2)28(44)32-20(24(39)40)10-12-22(35)36;1-3-13(15)20-11-9-18-7-5-17-6-8-19-10-12-21-14(16)4-2;1-5(2)8(13)10-6(9(14)15)3-4-7(11)12;;;;/h2*17-20H,7-16H2,1-6H3,(H,31,43)(H,32,44)(H,33,34)(H,35,36)(H,37,38)(H,39,40);3-4H,1-2,5-12H2;6H,1,3-4H2,2H3,(H,10,13)(H,11,12)(H,14,15);;;;1H2/q;;;;3*+1;/p-3. The number of nitrogens with one attached hydrogen (secondary N) is 5. The van der Waals surface area contributed by atoms with E-state index in [4.69, 9.17) is 68.2 Å². The summed E-state index contributed by atoms with van der Waals surface area (Å²) in [5.41, 5.74) is -4.64. The zero-order chi connectivity index (χ0) is 99.4. The Balaban J connectivity index is -0.000000278. The van der Waals surface area contributed by atoms with Crippen molar-refractivity contribution < 1.29 is 289 Å². The van der Waals surface area contributed by atoms with Crippen LogP contribution >= 0.6 is 0 Å². The van der Waals surface area contributed by atoms with E-state index >= 15 is 0 Å². The maximum atomic E-state index is 12.9. The van der Waals surface area contributed by atoms with E-state index in [9.17, 15) is 126 Å². The summed E-state index contributed by atoms with van der Waals surface area (Å²) in [6.45, 7) is 31.6. The van der Waals surface area contributed by atoms with Crippen LogP contribution in [0.25, 0.3) is 0 Å². The van der Waals surface area contributed by atoms with Crippen LogP contribution in [-0.2, 0) is 143 Å². The average Bonchev–Trinajstić information content (AvgIpc) is 0.853. The molecular formula is C83H130N5Na3O41. The van der Waals surface area contributed by atoms with E-state index in [0.29, 0.717) is 39.6 Å². The summed E-state index contributed by atoms with van der Waals surface area (Å²) in [7, 11) is 0. The molecule has 0 spiro atoms. The molecule has 14 N–H and O–H groups in total. The molecule has 0 aromatic carbocycles. The maximum Gasteiger partial charge on any atom is 1.00 e. The Kier molecular flexibility index (Phi) is 78.9. The topological polar surface area (TPSA) is 740 Å². The SMILES string of the molecule is C=C(C)C(=O)NC(CCC(=O)O)C(=O)O.C=CC(=O)OCCOCCOCCOCCOC(=O)C=C.CCC(CC(C)(C)C(=O)NC(CCC(=O)O)C(=O)O)C(=O)OCCOC(=O)C(C)CC(C)(CC)C(=O)NC(CCC(=O)O)C(=O)O.CCC(CC(C)(C)C(=O)NC(CCC(=O)O)C(=O)O)C(=O)OCCOC(=O)C(C)CC(C)(CC)C(=O)NC(CCC(=O)[O-])C(=O)[O-].[Na+].[Na+].[Na+].[OH-]. The van der Waals surface area contributed by atoms with Crippen LogP contribution in [0.4, 0.5) is 0 Å². The molecule has 0 aromatic heterocycles. The first-order valence-electron chi connectivity index (χ1n) is 40.8. The number of carbonyl (C=O) groups is 21. The van der Waals surface area contributed by atoms with Crippen LogP contribution in [-0.4, -0.2) is 281 Å². The average molecular weight is 1920 g/mol. The second kappa shape index (κ2) is 75.3. The largest absolute Gasteiger partial charge is 1.00 e. The first-order valence-corrected chi connectivity index (χ1v) is 40.8. The number of carboxylic acids is 10. The van der Waals surface area contributed by atoms with E-state index in [1.807, 2.05) is 0 Å². The van der Waals surface area contributed by atoms with Crippen LogP contribution in [0.15, 0.2) is 37.5 Å². The third-order valence-corrected chi connectivity index (χ3v) is 19.2. The van der Waals surface area contributed by atoms with Gasteiger partial charge >= 0.3 is 172 Å². The molecule has 49 heteroatoms. The number of aliphatic carboxylic acids is 10. The minimum atomic E-state index is -1.66. The van der Waals surface area contributed by atoms with E-state index in [0.717, 1.165) is 12.2 Å². The fraction of sp³-hybridized carbons (Fsp3) is 0.675. The second-order valence-electron chi connectivity index (χ2n) is 30.9. The van der Waals surface area contributed by atoms with Gasteiger partial charge in [0.2, 0.25) is 29.5 Å². The zero-order valence-corrected chi connectivity index (χ0v) is 84.3. The van der Waals surface area contributed by atoms with Crippen molar-refractivity contribution >= 4 is 125 Å². The van der Waals surface area contributed by atoms with Crippen LogP contribution in [0, 0.1) is 45.3 Å². The van der Waals surface area contributed by atoms with E-state index in [1.54, 1.807) is 34.6 Å². The molecule has 0 aliphatic carbocycles. The van der Waals surface area contributed by atoms with Gasteiger partial charge in [-0.15, -0.1) is 0 Å². The van der Waals surface area contributed by atoms with Crippen LogP contribution in [0.1, 0.15) is 206 Å². The summed E-state index contributed by atoms with van der Waals surface area (Å²) < 4.78 is 45.8. The Morgan fingerprint density at radius 1 is 0.356 bits per heavy atom. The summed E-state index contributed by atoms with van der Waals surface area (Å²) in [6, 6.07) is -7.00. The van der Waals surface area contributed by atoms with Gasteiger partial charge in [0.25, 0.3) is 0 Å². The molecule has 5 amide bonds. The number of ether oxygens (including phenoxy) is 9. The molecular weight excluding hydrogens is 1790 g/mol. The van der Waals surface area contributed by atoms with Crippen molar-refractivity contribution in [3.05, 3.63) is 37.5 Å². The summed E-state index contributed by atoms with van der Waals surface area (Å²) in [5.74, 6) is -23.4. The Labute approximate surface area is 831 Å². The molecule has 0 aliphatic heterocycles. The maximum absolute atomic E-state index is 12.9. The number of rotatable bonds is 66. The van der Waals surface area contributed by atoms with Gasteiger partial charge in [-0.25, -0.2) is 28.8 Å². The molecule has 0 heterocycles. The number of carboxylic acid groups (broad SMARTS) is 10. The van der Waals surface area contributed by atoms with Gasteiger partial charge in [0.15, 0.2) is 0 Å². The number of hydrogen-bond donors (Lipinski definition) is 13. The second-order valence-corrected chi connectivity index (χ2v) is 30.9. The molecule has 0 radical (unpaired) electrons.